The lowest BCUT2D eigenvalue weighted by molar-refractivity contribution is 0.0374. The van der Waals surface area contributed by atoms with E-state index in [0.717, 1.165) is 39.3 Å². The van der Waals surface area contributed by atoms with Crippen LogP contribution in [0.3, 0.4) is 0 Å². The molecule has 1 N–H and O–H groups in total. The molecule has 0 saturated carbocycles. The zero-order chi connectivity index (χ0) is 21.6. The van der Waals surface area contributed by atoms with Crippen molar-refractivity contribution < 1.29 is 13.9 Å². The van der Waals surface area contributed by atoms with Crippen LogP contribution in [-0.2, 0) is 11.3 Å². The molecule has 8 heteroatoms. The Morgan fingerprint density at radius 2 is 1.97 bits per heavy atom. The largest absolute Gasteiger partial charge is 0.379 e. The Kier molecular flexibility index (Phi) is 6.69. The van der Waals surface area contributed by atoms with Crippen molar-refractivity contribution in [3.8, 4) is 0 Å². The van der Waals surface area contributed by atoms with Crippen molar-refractivity contribution in [1.82, 2.24) is 19.8 Å². The Balaban J connectivity index is 1.53. The normalized spacial score (nSPS) is 14.6. The molecular weight excluding hydrogens is 399 g/mol. The van der Waals surface area contributed by atoms with E-state index in [2.05, 4.69) is 15.2 Å². The molecule has 0 radical (unpaired) electrons. The van der Waals surface area contributed by atoms with Crippen molar-refractivity contribution in [2.75, 3.05) is 39.4 Å². The molecule has 3 heterocycles. The highest BCUT2D eigenvalue weighted by atomic mass is 19.1. The van der Waals surface area contributed by atoms with Gasteiger partial charge in [0.25, 0.3) is 11.5 Å². The van der Waals surface area contributed by atoms with Crippen LogP contribution < -0.4 is 10.9 Å². The van der Waals surface area contributed by atoms with E-state index in [1.807, 2.05) is 0 Å². The van der Waals surface area contributed by atoms with Crippen LogP contribution in [0.1, 0.15) is 22.3 Å². The number of aromatic nitrogens is 2. The van der Waals surface area contributed by atoms with Crippen LogP contribution in [-0.4, -0.2) is 59.8 Å². The van der Waals surface area contributed by atoms with Gasteiger partial charge in [0.15, 0.2) is 0 Å². The third-order valence-corrected chi connectivity index (χ3v) is 5.42. The van der Waals surface area contributed by atoms with Gasteiger partial charge in [-0.2, -0.15) is 0 Å². The SMILES string of the molecule is O=C(NCCCN1CCOCC1)c1cc2cccnc2n(Cc2ccccc2F)c1=O. The number of carbonyl (C=O) groups excluding carboxylic acids is 1. The number of ether oxygens (including phenoxy) is 1. The van der Waals surface area contributed by atoms with Gasteiger partial charge in [0.1, 0.15) is 17.0 Å². The summed E-state index contributed by atoms with van der Waals surface area (Å²) in [6.45, 7) is 4.59. The quantitative estimate of drug-likeness (QED) is 0.588. The molecule has 1 amide bonds. The van der Waals surface area contributed by atoms with Gasteiger partial charge in [0, 0.05) is 36.8 Å². The van der Waals surface area contributed by atoms with Gasteiger partial charge in [0.2, 0.25) is 0 Å². The fourth-order valence-electron chi connectivity index (χ4n) is 3.74. The number of halogens is 1. The molecule has 2 aromatic heterocycles. The Morgan fingerprint density at radius 1 is 1.16 bits per heavy atom. The lowest BCUT2D eigenvalue weighted by Crippen LogP contribution is -2.39. The topological polar surface area (TPSA) is 76.5 Å². The highest BCUT2D eigenvalue weighted by Crippen LogP contribution is 2.14. The number of hydrogen-bond acceptors (Lipinski definition) is 5. The molecule has 0 aliphatic carbocycles. The van der Waals surface area contributed by atoms with Crippen LogP contribution in [0.4, 0.5) is 4.39 Å². The minimum Gasteiger partial charge on any atom is -0.379 e. The number of hydrogen-bond donors (Lipinski definition) is 1. The maximum Gasteiger partial charge on any atom is 0.265 e. The van der Waals surface area contributed by atoms with Crippen LogP contribution >= 0.6 is 0 Å². The first-order chi connectivity index (χ1) is 15.1. The Labute approximate surface area is 179 Å². The van der Waals surface area contributed by atoms with E-state index in [9.17, 15) is 14.0 Å². The summed E-state index contributed by atoms with van der Waals surface area (Å²) in [5.41, 5.74) is 0.322. The van der Waals surface area contributed by atoms with Crippen LogP contribution in [0.5, 0.6) is 0 Å². The first kappa shape index (κ1) is 21.1. The summed E-state index contributed by atoms with van der Waals surface area (Å²) in [6.07, 6.45) is 2.36. The molecule has 1 aliphatic rings. The molecule has 7 nitrogen and oxygen atoms in total. The van der Waals surface area contributed by atoms with Gasteiger partial charge in [-0.05, 0) is 37.2 Å². The fraction of sp³-hybridized carbons (Fsp3) is 0.348. The molecule has 1 aromatic carbocycles. The molecule has 162 valence electrons. The second kappa shape index (κ2) is 9.80. The number of benzene rings is 1. The Morgan fingerprint density at radius 3 is 2.77 bits per heavy atom. The third-order valence-electron chi connectivity index (χ3n) is 5.42. The minimum absolute atomic E-state index is 0.00281. The summed E-state index contributed by atoms with van der Waals surface area (Å²) in [6, 6.07) is 11.4. The number of rotatable bonds is 7. The van der Waals surface area contributed by atoms with Gasteiger partial charge in [0.05, 0.1) is 19.8 Å². The van der Waals surface area contributed by atoms with Crippen molar-refractivity contribution >= 4 is 16.9 Å². The van der Waals surface area contributed by atoms with E-state index in [1.165, 1.54) is 10.6 Å². The van der Waals surface area contributed by atoms with E-state index < -0.39 is 17.3 Å². The standard InChI is InChI=1S/C23H25FN4O3/c24-20-7-2-1-5-18(20)16-28-21-17(6-3-8-25-21)15-19(23(28)30)22(29)26-9-4-10-27-11-13-31-14-12-27/h1-3,5-8,15H,4,9-14,16H2,(H,26,29). The van der Waals surface area contributed by atoms with Gasteiger partial charge in [-0.25, -0.2) is 9.37 Å². The third kappa shape index (κ3) is 4.98. The number of nitrogens with one attached hydrogen (secondary N) is 1. The lowest BCUT2D eigenvalue weighted by Gasteiger charge is -2.26. The smallest absolute Gasteiger partial charge is 0.265 e. The van der Waals surface area contributed by atoms with Gasteiger partial charge in [-0.15, -0.1) is 0 Å². The molecule has 0 atom stereocenters. The monoisotopic (exact) mass is 424 g/mol. The maximum absolute atomic E-state index is 14.2. The molecule has 1 aliphatic heterocycles. The van der Waals surface area contributed by atoms with Crippen molar-refractivity contribution in [1.29, 1.82) is 0 Å². The summed E-state index contributed by atoms with van der Waals surface area (Å²) in [5, 5.41) is 3.49. The summed E-state index contributed by atoms with van der Waals surface area (Å²) in [5.74, 6) is -0.837. The van der Waals surface area contributed by atoms with E-state index in [0.29, 0.717) is 23.1 Å². The molecule has 1 saturated heterocycles. The summed E-state index contributed by atoms with van der Waals surface area (Å²) in [4.78, 5) is 32.5. The summed E-state index contributed by atoms with van der Waals surface area (Å²) >= 11 is 0. The molecule has 0 spiro atoms. The molecular formula is C23H25FN4O3. The van der Waals surface area contributed by atoms with Crippen molar-refractivity contribution in [2.24, 2.45) is 0 Å². The van der Waals surface area contributed by atoms with Gasteiger partial charge >= 0.3 is 0 Å². The minimum atomic E-state index is -0.486. The van der Waals surface area contributed by atoms with E-state index in [1.54, 1.807) is 42.6 Å². The number of pyridine rings is 2. The summed E-state index contributed by atoms with van der Waals surface area (Å²) in [7, 11) is 0. The lowest BCUT2D eigenvalue weighted by atomic mass is 10.1. The Bertz CT molecular complexity index is 1130. The van der Waals surface area contributed by atoms with E-state index in [4.69, 9.17) is 4.74 Å². The molecule has 31 heavy (non-hydrogen) atoms. The molecule has 0 bridgehead atoms. The average Bonchev–Trinajstić information content (AvgIpc) is 2.80. The molecule has 0 unspecified atom stereocenters. The first-order valence-electron chi connectivity index (χ1n) is 10.4. The number of amides is 1. The maximum atomic E-state index is 14.2. The van der Waals surface area contributed by atoms with Gasteiger partial charge in [-0.1, -0.05) is 18.2 Å². The van der Waals surface area contributed by atoms with E-state index in [-0.39, 0.29) is 12.1 Å². The van der Waals surface area contributed by atoms with Gasteiger partial charge in [-0.3, -0.25) is 19.1 Å². The highest BCUT2D eigenvalue weighted by molar-refractivity contribution is 5.96. The van der Waals surface area contributed by atoms with E-state index >= 15 is 0 Å². The average molecular weight is 424 g/mol. The van der Waals surface area contributed by atoms with Crippen molar-refractivity contribution in [3.63, 3.8) is 0 Å². The molecule has 1 fully saturated rings. The molecule has 3 aromatic rings. The fourth-order valence-corrected chi connectivity index (χ4v) is 3.74. The first-order valence-corrected chi connectivity index (χ1v) is 10.4. The van der Waals surface area contributed by atoms with Crippen LogP contribution in [0.15, 0.2) is 53.5 Å². The van der Waals surface area contributed by atoms with Crippen LogP contribution in [0.25, 0.3) is 11.0 Å². The summed E-state index contributed by atoms with van der Waals surface area (Å²) < 4.78 is 20.9. The highest BCUT2D eigenvalue weighted by Gasteiger charge is 2.17. The number of morpholine rings is 1. The second-order valence-corrected chi connectivity index (χ2v) is 7.52. The van der Waals surface area contributed by atoms with Gasteiger partial charge < -0.3 is 10.1 Å². The predicted octanol–water partition coefficient (Wildman–Crippen LogP) is 2.04. The second-order valence-electron chi connectivity index (χ2n) is 7.52. The van der Waals surface area contributed by atoms with Crippen LogP contribution in [0.2, 0.25) is 0 Å². The number of carbonyl (C=O) groups is 1. The molecule has 4 rings (SSSR count). The van der Waals surface area contributed by atoms with Crippen molar-refractivity contribution in [2.45, 2.75) is 13.0 Å². The number of fused-ring (bicyclic) bond motifs is 1. The van der Waals surface area contributed by atoms with Crippen molar-refractivity contribution in [3.05, 3.63) is 76.0 Å². The zero-order valence-corrected chi connectivity index (χ0v) is 17.2. The predicted molar refractivity (Wildman–Crippen MR) is 116 cm³/mol. The van der Waals surface area contributed by atoms with Crippen LogP contribution in [0, 0.1) is 5.82 Å². The number of nitrogens with zero attached hydrogens (tertiary/aromatic N) is 3. The zero-order valence-electron chi connectivity index (χ0n) is 17.2. The Hall–Kier alpha value is -3.10.